The first-order valence-corrected chi connectivity index (χ1v) is 7.45. The van der Waals surface area contributed by atoms with Gasteiger partial charge in [-0.3, -0.25) is 9.69 Å². The fourth-order valence-corrected chi connectivity index (χ4v) is 2.53. The molecule has 1 saturated heterocycles. The minimum absolute atomic E-state index is 0.243. The molecule has 0 aliphatic carbocycles. The van der Waals surface area contributed by atoms with Crippen molar-refractivity contribution in [3.05, 3.63) is 35.4 Å². The van der Waals surface area contributed by atoms with Crippen LogP contribution in [0.3, 0.4) is 0 Å². The van der Waals surface area contributed by atoms with Crippen molar-refractivity contribution in [3.8, 4) is 0 Å². The smallest absolute Gasteiger partial charge is 0.227 e. The highest BCUT2D eigenvalue weighted by Gasteiger charge is 2.20. The Balaban J connectivity index is 1.78. The summed E-state index contributed by atoms with van der Waals surface area (Å²) in [4.78, 5) is 16.6. The molecule has 0 bridgehead atoms. The molecule has 1 aliphatic heterocycles. The summed E-state index contributed by atoms with van der Waals surface area (Å²) in [5.74, 6) is 0.243. The molecule has 2 rings (SSSR count). The van der Waals surface area contributed by atoms with Gasteiger partial charge in [0.1, 0.15) is 0 Å². The summed E-state index contributed by atoms with van der Waals surface area (Å²) in [6, 6.07) is 8.22. The van der Waals surface area contributed by atoms with Gasteiger partial charge >= 0.3 is 0 Å². The summed E-state index contributed by atoms with van der Waals surface area (Å²) in [5, 5.41) is 0. The molecular weight excluding hydrogens is 250 g/mol. The summed E-state index contributed by atoms with van der Waals surface area (Å²) in [6.45, 7) is 7.49. The van der Waals surface area contributed by atoms with E-state index in [1.807, 2.05) is 17.0 Å². The lowest BCUT2D eigenvalue weighted by molar-refractivity contribution is -0.132. The van der Waals surface area contributed by atoms with Gasteiger partial charge in [-0.25, -0.2) is 0 Å². The molecule has 4 heteroatoms. The van der Waals surface area contributed by atoms with Crippen LogP contribution >= 0.6 is 0 Å². The Labute approximate surface area is 121 Å². The molecule has 0 spiro atoms. The molecule has 4 nitrogen and oxygen atoms in total. The highest BCUT2D eigenvalue weighted by atomic mass is 16.2. The van der Waals surface area contributed by atoms with E-state index < -0.39 is 0 Å². The minimum Gasteiger partial charge on any atom is -0.340 e. The maximum atomic E-state index is 12.3. The molecular formula is C16H25N3O. The van der Waals surface area contributed by atoms with Gasteiger partial charge in [-0.05, 0) is 32.0 Å². The number of hydrogen-bond acceptors (Lipinski definition) is 3. The van der Waals surface area contributed by atoms with Crippen LogP contribution in [0, 0.1) is 6.92 Å². The Kier molecular flexibility index (Phi) is 5.56. The summed E-state index contributed by atoms with van der Waals surface area (Å²) >= 11 is 0. The van der Waals surface area contributed by atoms with Crippen molar-refractivity contribution in [1.29, 1.82) is 0 Å². The zero-order chi connectivity index (χ0) is 14.4. The molecule has 0 saturated carbocycles. The van der Waals surface area contributed by atoms with E-state index in [1.54, 1.807) is 0 Å². The van der Waals surface area contributed by atoms with Gasteiger partial charge < -0.3 is 10.6 Å². The normalized spacial score (nSPS) is 16.4. The predicted octanol–water partition coefficient (Wildman–Crippen LogP) is 1.03. The highest BCUT2D eigenvalue weighted by Crippen LogP contribution is 2.08. The van der Waals surface area contributed by atoms with Crippen LogP contribution in [0.4, 0.5) is 0 Å². The molecule has 110 valence electrons. The Morgan fingerprint density at radius 2 is 1.80 bits per heavy atom. The monoisotopic (exact) mass is 275 g/mol. The standard InChI is InChI=1S/C16H25N3O/c1-14-3-5-15(6-4-14)13-16(20)19-11-9-18(10-12-19)8-2-7-17/h3-6H,2,7-13,17H2,1H3. The zero-order valence-corrected chi connectivity index (χ0v) is 12.3. The van der Waals surface area contributed by atoms with Gasteiger partial charge in [0, 0.05) is 26.2 Å². The summed E-state index contributed by atoms with van der Waals surface area (Å²) < 4.78 is 0. The molecule has 0 radical (unpaired) electrons. The molecule has 1 heterocycles. The number of amides is 1. The molecule has 0 aromatic heterocycles. The first-order valence-electron chi connectivity index (χ1n) is 7.45. The Morgan fingerprint density at radius 3 is 2.40 bits per heavy atom. The number of aryl methyl sites for hydroxylation is 1. The van der Waals surface area contributed by atoms with Crippen molar-refractivity contribution in [1.82, 2.24) is 9.80 Å². The van der Waals surface area contributed by atoms with Crippen LogP contribution in [0.1, 0.15) is 17.5 Å². The van der Waals surface area contributed by atoms with Gasteiger partial charge in [-0.15, -0.1) is 0 Å². The Hall–Kier alpha value is -1.39. The van der Waals surface area contributed by atoms with Crippen molar-refractivity contribution >= 4 is 5.91 Å². The molecule has 1 aromatic carbocycles. The summed E-state index contributed by atoms with van der Waals surface area (Å²) in [7, 11) is 0. The van der Waals surface area contributed by atoms with Crippen LogP contribution in [0.2, 0.25) is 0 Å². The lowest BCUT2D eigenvalue weighted by atomic mass is 10.1. The first kappa shape index (κ1) is 15.0. The minimum atomic E-state index is 0.243. The predicted molar refractivity (Wildman–Crippen MR) is 81.6 cm³/mol. The lowest BCUT2D eigenvalue weighted by Crippen LogP contribution is -2.49. The first-order chi connectivity index (χ1) is 9.69. The van der Waals surface area contributed by atoms with Crippen molar-refractivity contribution in [2.75, 3.05) is 39.3 Å². The molecule has 1 fully saturated rings. The third kappa shape index (κ3) is 4.32. The fraction of sp³-hybridized carbons (Fsp3) is 0.562. The average Bonchev–Trinajstić information content (AvgIpc) is 2.48. The van der Waals surface area contributed by atoms with E-state index in [0.717, 1.165) is 51.3 Å². The number of carbonyl (C=O) groups excluding carboxylic acids is 1. The molecule has 20 heavy (non-hydrogen) atoms. The summed E-state index contributed by atoms with van der Waals surface area (Å²) in [5.41, 5.74) is 7.86. The maximum Gasteiger partial charge on any atom is 0.227 e. The van der Waals surface area contributed by atoms with E-state index in [-0.39, 0.29) is 5.91 Å². The Bertz CT molecular complexity index is 422. The largest absolute Gasteiger partial charge is 0.340 e. The third-order valence-corrected chi connectivity index (χ3v) is 3.88. The van der Waals surface area contributed by atoms with E-state index >= 15 is 0 Å². The van der Waals surface area contributed by atoms with Gasteiger partial charge in [0.05, 0.1) is 6.42 Å². The van der Waals surface area contributed by atoms with Crippen LogP contribution in [-0.2, 0) is 11.2 Å². The van der Waals surface area contributed by atoms with Gasteiger partial charge in [0.15, 0.2) is 0 Å². The lowest BCUT2D eigenvalue weighted by Gasteiger charge is -2.34. The van der Waals surface area contributed by atoms with Crippen LogP contribution in [0.5, 0.6) is 0 Å². The van der Waals surface area contributed by atoms with Gasteiger partial charge in [-0.1, -0.05) is 29.8 Å². The number of carbonyl (C=O) groups is 1. The van der Waals surface area contributed by atoms with Crippen molar-refractivity contribution in [3.63, 3.8) is 0 Å². The highest BCUT2D eigenvalue weighted by molar-refractivity contribution is 5.78. The SMILES string of the molecule is Cc1ccc(CC(=O)N2CCN(CCCN)CC2)cc1. The van der Waals surface area contributed by atoms with Crippen LogP contribution in [-0.4, -0.2) is 55.0 Å². The molecule has 0 unspecified atom stereocenters. The van der Waals surface area contributed by atoms with E-state index in [0.29, 0.717) is 6.42 Å². The maximum absolute atomic E-state index is 12.3. The Morgan fingerprint density at radius 1 is 1.15 bits per heavy atom. The molecule has 2 N–H and O–H groups in total. The van der Waals surface area contributed by atoms with Gasteiger partial charge in [0.25, 0.3) is 0 Å². The molecule has 1 aliphatic rings. The third-order valence-electron chi connectivity index (χ3n) is 3.88. The number of benzene rings is 1. The van der Waals surface area contributed by atoms with Crippen molar-refractivity contribution in [2.45, 2.75) is 19.8 Å². The average molecular weight is 275 g/mol. The number of piperazine rings is 1. The number of nitrogens with two attached hydrogens (primary N) is 1. The fourth-order valence-electron chi connectivity index (χ4n) is 2.53. The second-order valence-electron chi connectivity index (χ2n) is 5.53. The van der Waals surface area contributed by atoms with E-state index in [1.165, 1.54) is 5.56 Å². The molecule has 0 atom stereocenters. The van der Waals surface area contributed by atoms with Crippen LogP contribution < -0.4 is 5.73 Å². The van der Waals surface area contributed by atoms with Gasteiger partial charge in [0.2, 0.25) is 5.91 Å². The molecule has 1 amide bonds. The van der Waals surface area contributed by atoms with E-state index in [2.05, 4.69) is 24.0 Å². The topological polar surface area (TPSA) is 49.6 Å². The summed E-state index contributed by atoms with van der Waals surface area (Å²) in [6.07, 6.45) is 1.56. The number of hydrogen-bond donors (Lipinski definition) is 1. The molecule has 1 aromatic rings. The quantitative estimate of drug-likeness (QED) is 0.873. The van der Waals surface area contributed by atoms with E-state index in [9.17, 15) is 4.79 Å². The second-order valence-corrected chi connectivity index (χ2v) is 5.53. The van der Waals surface area contributed by atoms with Crippen molar-refractivity contribution < 1.29 is 4.79 Å². The van der Waals surface area contributed by atoms with E-state index in [4.69, 9.17) is 5.73 Å². The van der Waals surface area contributed by atoms with Gasteiger partial charge in [-0.2, -0.15) is 0 Å². The zero-order valence-electron chi connectivity index (χ0n) is 12.3. The van der Waals surface area contributed by atoms with Crippen molar-refractivity contribution in [2.24, 2.45) is 5.73 Å². The second kappa shape index (κ2) is 7.41. The number of rotatable bonds is 5. The van der Waals surface area contributed by atoms with Crippen LogP contribution in [0.15, 0.2) is 24.3 Å². The number of nitrogens with zero attached hydrogens (tertiary/aromatic N) is 2. The van der Waals surface area contributed by atoms with Crippen LogP contribution in [0.25, 0.3) is 0 Å².